The van der Waals surface area contributed by atoms with Gasteiger partial charge in [0.05, 0.1) is 17.9 Å². The molecule has 1 aliphatic heterocycles. The lowest BCUT2D eigenvalue weighted by molar-refractivity contribution is -0.114. The second-order valence-electron chi connectivity index (χ2n) is 4.92. The van der Waals surface area contributed by atoms with E-state index >= 15 is 0 Å². The van der Waals surface area contributed by atoms with Crippen LogP contribution in [-0.2, 0) is 9.53 Å². The molecule has 0 unspecified atom stereocenters. The maximum atomic E-state index is 11.9. The molecule has 0 aliphatic carbocycles. The van der Waals surface area contributed by atoms with Gasteiger partial charge >= 0.3 is 0 Å². The molecule has 1 aromatic rings. The van der Waals surface area contributed by atoms with E-state index in [0.717, 1.165) is 4.47 Å². The van der Waals surface area contributed by atoms with Crippen molar-refractivity contribution in [2.24, 2.45) is 5.92 Å². The second-order valence-corrected chi connectivity index (χ2v) is 5.83. The number of carbonyl (C=O) groups excluding carboxylic acids is 2. The number of ketones is 1. The van der Waals surface area contributed by atoms with Gasteiger partial charge in [0.1, 0.15) is 0 Å². The lowest BCUT2D eigenvalue weighted by atomic mass is 10.1. The van der Waals surface area contributed by atoms with Crippen molar-refractivity contribution in [2.75, 3.05) is 24.7 Å². The van der Waals surface area contributed by atoms with Gasteiger partial charge in [0.25, 0.3) is 11.7 Å². The van der Waals surface area contributed by atoms with Crippen molar-refractivity contribution < 1.29 is 14.3 Å². The number of rotatable bonds is 5. The summed E-state index contributed by atoms with van der Waals surface area (Å²) in [7, 11) is 0. The first-order valence-corrected chi connectivity index (χ1v) is 7.03. The molecule has 0 fully saturated rings. The summed E-state index contributed by atoms with van der Waals surface area (Å²) < 4.78 is 6.32. The molecule has 1 aromatic carbocycles. The number of anilines is 1. The zero-order valence-electron chi connectivity index (χ0n) is 11.0. The van der Waals surface area contributed by atoms with Crippen LogP contribution in [0.5, 0.6) is 0 Å². The van der Waals surface area contributed by atoms with Crippen LogP contribution in [0.25, 0.3) is 0 Å². The first-order chi connectivity index (χ1) is 9.00. The molecule has 0 spiro atoms. The summed E-state index contributed by atoms with van der Waals surface area (Å²) in [5, 5.41) is 0. The van der Waals surface area contributed by atoms with Gasteiger partial charge in [-0.05, 0) is 24.1 Å². The maximum Gasteiger partial charge on any atom is 0.299 e. The summed E-state index contributed by atoms with van der Waals surface area (Å²) in [5.41, 5.74) is 1.13. The molecule has 2 rings (SSSR count). The Morgan fingerprint density at radius 1 is 1.32 bits per heavy atom. The predicted octanol–water partition coefficient (Wildman–Crippen LogP) is 2.65. The van der Waals surface area contributed by atoms with Crippen LogP contribution in [0.15, 0.2) is 22.7 Å². The summed E-state index contributed by atoms with van der Waals surface area (Å²) in [6, 6.07) is 5.23. The van der Waals surface area contributed by atoms with Crippen LogP contribution in [0, 0.1) is 5.92 Å². The minimum atomic E-state index is -0.471. The van der Waals surface area contributed by atoms with Gasteiger partial charge in [-0.1, -0.05) is 29.8 Å². The SMILES string of the molecule is CC(C)COCCN1C(=O)C(=O)c2ccc(Br)cc21. The third-order valence-corrected chi connectivity index (χ3v) is 3.34. The normalized spacial score (nSPS) is 14.4. The zero-order valence-corrected chi connectivity index (χ0v) is 12.6. The molecule has 1 aliphatic rings. The molecule has 19 heavy (non-hydrogen) atoms. The first-order valence-electron chi connectivity index (χ1n) is 6.24. The van der Waals surface area contributed by atoms with E-state index in [9.17, 15) is 9.59 Å². The molecule has 102 valence electrons. The molecule has 0 saturated heterocycles. The predicted molar refractivity (Wildman–Crippen MR) is 76.5 cm³/mol. The van der Waals surface area contributed by atoms with Crippen LogP contribution in [0.2, 0.25) is 0 Å². The molecule has 5 heteroatoms. The van der Waals surface area contributed by atoms with E-state index in [2.05, 4.69) is 29.8 Å². The van der Waals surface area contributed by atoms with Gasteiger partial charge in [0, 0.05) is 17.6 Å². The summed E-state index contributed by atoms with van der Waals surface area (Å²) in [6.45, 7) is 5.62. The van der Waals surface area contributed by atoms with Crippen molar-refractivity contribution in [3.63, 3.8) is 0 Å². The van der Waals surface area contributed by atoms with E-state index in [-0.39, 0.29) is 0 Å². The highest BCUT2D eigenvalue weighted by Crippen LogP contribution is 2.31. The Bertz CT molecular complexity index is 513. The zero-order chi connectivity index (χ0) is 14.0. The average molecular weight is 326 g/mol. The fourth-order valence-electron chi connectivity index (χ4n) is 1.96. The van der Waals surface area contributed by atoms with Crippen molar-refractivity contribution in [2.45, 2.75) is 13.8 Å². The Morgan fingerprint density at radius 3 is 2.74 bits per heavy atom. The van der Waals surface area contributed by atoms with Gasteiger partial charge in [-0.25, -0.2) is 0 Å². The monoisotopic (exact) mass is 325 g/mol. The molecule has 0 bridgehead atoms. The Hall–Kier alpha value is -1.20. The van der Waals surface area contributed by atoms with Crippen molar-refractivity contribution in [3.05, 3.63) is 28.2 Å². The Morgan fingerprint density at radius 2 is 2.05 bits per heavy atom. The van der Waals surface area contributed by atoms with Crippen LogP contribution in [0.4, 0.5) is 5.69 Å². The van der Waals surface area contributed by atoms with Crippen LogP contribution in [0.1, 0.15) is 24.2 Å². The van der Waals surface area contributed by atoms with Gasteiger partial charge in [-0.2, -0.15) is 0 Å². The number of hydrogen-bond donors (Lipinski definition) is 0. The number of amides is 1. The highest BCUT2D eigenvalue weighted by molar-refractivity contribution is 9.10. The van der Waals surface area contributed by atoms with Gasteiger partial charge in [-0.3, -0.25) is 9.59 Å². The molecule has 0 aromatic heterocycles. The van der Waals surface area contributed by atoms with Gasteiger partial charge in [0.15, 0.2) is 0 Å². The van der Waals surface area contributed by atoms with Crippen LogP contribution >= 0.6 is 15.9 Å². The van der Waals surface area contributed by atoms with E-state index in [0.29, 0.717) is 36.9 Å². The molecule has 0 N–H and O–H groups in total. The van der Waals surface area contributed by atoms with E-state index in [4.69, 9.17) is 4.74 Å². The summed E-state index contributed by atoms with van der Waals surface area (Å²) in [4.78, 5) is 25.2. The molecule has 1 heterocycles. The summed E-state index contributed by atoms with van der Waals surface area (Å²) in [5.74, 6) is -0.454. The highest BCUT2D eigenvalue weighted by Gasteiger charge is 2.35. The third kappa shape index (κ3) is 3.04. The summed E-state index contributed by atoms with van der Waals surface area (Å²) in [6.07, 6.45) is 0. The Labute approximate surface area is 120 Å². The first kappa shape index (κ1) is 14.2. The molecule has 1 amide bonds. The minimum absolute atomic E-state index is 0.404. The van der Waals surface area contributed by atoms with Crippen LogP contribution < -0.4 is 4.90 Å². The lowest BCUT2D eigenvalue weighted by Gasteiger charge is -2.17. The van der Waals surface area contributed by atoms with Gasteiger partial charge in [-0.15, -0.1) is 0 Å². The van der Waals surface area contributed by atoms with E-state index in [1.165, 1.54) is 4.90 Å². The average Bonchev–Trinajstić information content (AvgIpc) is 2.58. The van der Waals surface area contributed by atoms with Crippen molar-refractivity contribution in [1.82, 2.24) is 0 Å². The third-order valence-electron chi connectivity index (χ3n) is 2.85. The van der Waals surface area contributed by atoms with Gasteiger partial charge < -0.3 is 9.64 Å². The van der Waals surface area contributed by atoms with Crippen molar-refractivity contribution in [3.8, 4) is 0 Å². The maximum absolute atomic E-state index is 11.9. The summed E-state index contributed by atoms with van der Waals surface area (Å²) >= 11 is 3.35. The van der Waals surface area contributed by atoms with Crippen molar-refractivity contribution in [1.29, 1.82) is 0 Å². The fraction of sp³-hybridized carbons (Fsp3) is 0.429. The number of carbonyl (C=O) groups is 2. The number of nitrogens with zero attached hydrogens (tertiary/aromatic N) is 1. The van der Waals surface area contributed by atoms with Gasteiger partial charge in [0.2, 0.25) is 0 Å². The van der Waals surface area contributed by atoms with Crippen molar-refractivity contribution >= 4 is 33.3 Å². The fourth-order valence-corrected chi connectivity index (χ4v) is 2.31. The molecular formula is C14H16BrNO3. The number of ether oxygens (including phenoxy) is 1. The number of benzene rings is 1. The van der Waals surface area contributed by atoms with E-state index < -0.39 is 11.7 Å². The minimum Gasteiger partial charge on any atom is -0.379 e. The smallest absolute Gasteiger partial charge is 0.299 e. The Kier molecular flexibility index (Phi) is 4.37. The van der Waals surface area contributed by atoms with Crippen LogP contribution in [0.3, 0.4) is 0 Å². The Balaban J connectivity index is 2.08. The van der Waals surface area contributed by atoms with E-state index in [1.54, 1.807) is 18.2 Å². The molecule has 0 atom stereocenters. The quantitative estimate of drug-likeness (QED) is 0.617. The van der Waals surface area contributed by atoms with E-state index in [1.807, 2.05) is 0 Å². The highest BCUT2D eigenvalue weighted by atomic mass is 79.9. The topological polar surface area (TPSA) is 46.6 Å². The lowest BCUT2D eigenvalue weighted by Crippen LogP contribution is -2.33. The molecular weight excluding hydrogens is 310 g/mol. The van der Waals surface area contributed by atoms with Crippen LogP contribution in [-0.4, -0.2) is 31.4 Å². The molecule has 0 radical (unpaired) electrons. The number of halogens is 1. The second kappa shape index (κ2) is 5.84. The number of Topliss-reactive ketones (excluding diaryl/α,β-unsaturated/α-hetero) is 1. The largest absolute Gasteiger partial charge is 0.379 e. The molecule has 0 saturated carbocycles. The standard InChI is InChI=1S/C14H16BrNO3/c1-9(2)8-19-6-5-16-12-7-10(15)3-4-11(12)13(17)14(16)18/h3-4,7,9H,5-6,8H2,1-2H3. The number of hydrogen-bond acceptors (Lipinski definition) is 3. The molecule has 4 nitrogen and oxygen atoms in total. The number of fused-ring (bicyclic) bond motifs is 1.